The van der Waals surface area contributed by atoms with Crippen LogP contribution in [0.4, 0.5) is 0 Å². The number of aliphatic hydroxyl groups excluding tert-OH is 1. The first-order chi connectivity index (χ1) is 6.67. The fourth-order valence-corrected chi connectivity index (χ4v) is 1.22. The van der Waals surface area contributed by atoms with Crippen LogP contribution in [0.25, 0.3) is 0 Å². The van der Waals surface area contributed by atoms with Gasteiger partial charge in [-0.25, -0.2) is 0 Å². The van der Waals surface area contributed by atoms with Gasteiger partial charge in [-0.3, -0.25) is 4.79 Å². The van der Waals surface area contributed by atoms with Crippen LogP contribution in [-0.2, 0) is 4.79 Å². The van der Waals surface area contributed by atoms with E-state index in [1.165, 1.54) is 0 Å². The molecule has 14 heavy (non-hydrogen) atoms. The normalized spacial score (nSPS) is 14.9. The molecule has 0 aromatic carbocycles. The van der Waals surface area contributed by atoms with Gasteiger partial charge in [-0.1, -0.05) is 20.3 Å². The molecule has 4 N–H and O–H groups in total. The summed E-state index contributed by atoms with van der Waals surface area (Å²) in [4.78, 5) is 11.4. The maximum absolute atomic E-state index is 11.4. The van der Waals surface area contributed by atoms with Crippen molar-refractivity contribution in [1.82, 2.24) is 5.32 Å². The number of aliphatic hydroxyl groups is 1. The first-order valence-corrected chi connectivity index (χ1v) is 5.28. The lowest BCUT2D eigenvalue weighted by Gasteiger charge is -2.16. The van der Waals surface area contributed by atoms with Crippen molar-refractivity contribution in [2.45, 2.75) is 39.2 Å². The molecular formula is C10H22N2O2. The molecule has 0 spiro atoms. The molecule has 0 radical (unpaired) electrons. The molecule has 0 rings (SSSR count). The Kier molecular flexibility index (Phi) is 7.42. The molecule has 0 saturated heterocycles. The summed E-state index contributed by atoms with van der Waals surface area (Å²) < 4.78 is 0. The highest BCUT2D eigenvalue weighted by Crippen LogP contribution is 2.05. The van der Waals surface area contributed by atoms with Crippen molar-refractivity contribution in [3.05, 3.63) is 0 Å². The molecule has 0 aliphatic heterocycles. The highest BCUT2D eigenvalue weighted by atomic mass is 16.3. The zero-order chi connectivity index (χ0) is 11.0. The fourth-order valence-electron chi connectivity index (χ4n) is 1.22. The van der Waals surface area contributed by atoms with Crippen LogP contribution in [0.1, 0.15) is 33.1 Å². The highest BCUT2D eigenvalue weighted by molar-refractivity contribution is 5.76. The Bertz CT molecular complexity index is 138. The standard InChI is InChI=1S/C10H22N2O2/c1-3-8(6-11)5-10(14)12-9(4-2)7-13/h8-9,13H,3-7,11H2,1-2H3,(H,12,14)/t8?,9-/m1/s1. The molecule has 0 saturated carbocycles. The Morgan fingerprint density at radius 3 is 2.43 bits per heavy atom. The van der Waals surface area contributed by atoms with E-state index in [-0.39, 0.29) is 24.5 Å². The van der Waals surface area contributed by atoms with Crippen LogP contribution in [0.3, 0.4) is 0 Å². The van der Waals surface area contributed by atoms with Crippen molar-refractivity contribution in [2.75, 3.05) is 13.2 Å². The summed E-state index contributed by atoms with van der Waals surface area (Å²) >= 11 is 0. The average molecular weight is 202 g/mol. The minimum absolute atomic E-state index is 0.00164. The molecule has 1 amide bonds. The summed E-state index contributed by atoms with van der Waals surface area (Å²) in [5.41, 5.74) is 5.50. The lowest BCUT2D eigenvalue weighted by atomic mass is 10.0. The highest BCUT2D eigenvalue weighted by Gasteiger charge is 2.13. The second kappa shape index (κ2) is 7.76. The molecule has 0 fully saturated rings. The van der Waals surface area contributed by atoms with Gasteiger partial charge < -0.3 is 16.2 Å². The third-order valence-electron chi connectivity index (χ3n) is 2.46. The van der Waals surface area contributed by atoms with Gasteiger partial charge in [0.05, 0.1) is 12.6 Å². The van der Waals surface area contributed by atoms with E-state index in [0.29, 0.717) is 13.0 Å². The van der Waals surface area contributed by atoms with Gasteiger partial charge in [-0.05, 0) is 18.9 Å². The maximum atomic E-state index is 11.4. The molecule has 0 heterocycles. The van der Waals surface area contributed by atoms with Crippen molar-refractivity contribution in [1.29, 1.82) is 0 Å². The first kappa shape index (κ1) is 13.4. The maximum Gasteiger partial charge on any atom is 0.220 e. The van der Waals surface area contributed by atoms with Crippen LogP contribution < -0.4 is 11.1 Å². The zero-order valence-corrected chi connectivity index (χ0v) is 9.12. The van der Waals surface area contributed by atoms with E-state index in [1.807, 2.05) is 13.8 Å². The second-order valence-electron chi connectivity index (χ2n) is 3.57. The largest absolute Gasteiger partial charge is 0.394 e. The quantitative estimate of drug-likeness (QED) is 0.554. The van der Waals surface area contributed by atoms with Crippen molar-refractivity contribution in [2.24, 2.45) is 11.7 Å². The van der Waals surface area contributed by atoms with Gasteiger partial charge in [0.25, 0.3) is 0 Å². The summed E-state index contributed by atoms with van der Waals surface area (Å²) in [5, 5.41) is 11.7. The molecular weight excluding hydrogens is 180 g/mol. The smallest absolute Gasteiger partial charge is 0.220 e. The number of carbonyl (C=O) groups excluding carboxylic acids is 1. The number of nitrogens with two attached hydrogens (primary N) is 1. The van der Waals surface area contributed by atoms with Crippen LogP contribution in [0.2, 0.25) is 0 Å². The summed E-state index contributed by atoms with van der Waals surface area (Å²) in [6.07, 6.45) is 2.13. The minimum atomic E-state index is -0.113. The fraction of sp³-hybridized carbons (Fsp3) is 0.900. The van der Waals surface area contributed by atoms with E-state index in [4.69, 9.17) is 10.8 Å². The van der Waals surface area contributed by atoms with Crippen molar-refractivity contribution < 1.29 is 9.90 Å². The molecule has 4 heteroatoms. The Morgan fingerprint density at radius 2 is 2.07 bits per heavy atom. The molecule has 4 nitrogen and oxygen atoms in total. The van der Waals surface area contributed by atoms with E-state index < -0.39 is 0 Å². The van der Waals surface area contributed by atoms with Crippen molar-refractivity contribution in [3.8, 4) is 0 Å². The third-order valence-corrected chi connectivity index (χ3v) is 2.46. The summed E-state index contributed by atoms with van der Waals surface area (Å²) in [5.74, 6) is 0.245. The minimum Gasteiger partial charge on any atom is -0.394 e. The van der Waals surface area contributed by atoms with Crippen molar-refractivity contribution in [3.63, 3.8) is 0 Å². The van der Waals surface area contributed by atoms with Gasteiger partial charge in [0, 0.05) is 6.42 Å². The average Bonchev–Trinajstić information content (AvgIpc) is 2.22. The Morgan fingerprint density at radius 1 is 1.43 bits per heavy atom. The predicted octanol–water partition coefficient (Wildman–Crippen LogP) is 0.249. The molecule has 0 aliphatic rings. The number of carbonyl (C=O) groups is 1. The number of hydrogen-bond donors (Lipinski definition) is 3. The van der Waals surface area contributed by atoms with Gasteiger partial charge in [0.1, 0.15) is 0 Å². The first-order valence-electron chi connectivity index (χ1n) is 5.28. The van der Waals surface area contributed by atoms with E-state index in [2.05, 4.69) is 5.32 Å². The third kappa shape index (κ3) is 5.19. The number of amides is 1. The van der Waals surface area contributed by atoms with Crippen LogP contribution in [-0.4, -0.2) is 30.2 Å². The van der Waals surface area contributed by atoms with Crippen molar-refractivity contribution >= 4 is 5.91 Å². The SMILES string of the molecule is CCC(CN)CC(=O)N[C@H](CC)CO. The molecule has 0 aliphatic carbocycles. The van der Waals surface area contributed by atoms with Crippen LogP contribution in [0.5, 0.6) is 0 Å². The van der Waals surface area contributed by atoms with E-state index in [9.17, 15) is 4.79 Å². The monoisotopic (exact) mass is 202 g/mol. The lowest BCUT2D eigenvalue weighted by molar-refractivity contribution is -0.123. The van der Waals surface area contributed by atoms with Gasteiger partial charge in [0.2, 0.25) is 5.91 Å². The molecule has 84 valence electrons. The molecule has 2 atom stereocenters. The van der Waals surface area contributed by atoms with Crippen LogP contribution in [0.15, 0.2) is 0 Å². The number of hydrogen-bond acceptors (Lipinski definition) is 3. The van der Waals surface area contributed by atoms with E-state index in [0.717, 1.165) is 12.8 Å². The summed E-state index contributed by atoms with van der Waals surface area (Å²) in [6, 6.07) is -0.113. The topological polar surface area (TPSA) is 75.4 Å². The lowest BCUT2D eigenvalue weighted by Crippen LogP contribution is -2.38. The van der Waals surface area contributed by atoms with Gasteiger partial charge in [-0.2, -0.15) is 0 Å². The number of nitrogens with one attached hydrogen (secondary N) is 1. The number of rotatable bonds is 7. The van der Waals surface area contributed by atoms with Gasteiger partial charge >= 0.3 is 0 Å². The second-order valence-corrected chi connectivity index (χ2v) is 3.57. The van der Waals surface area contributed by atoms with E-state index >= 15 is 0 Å². The van der Waals surface area contributed by atoms with Crippen LogP contribution >= 0.6 is 0 Å². The molecule has 0 aromatic heterocycles. The van der Waals surface area contributed by atoms with Crippen LogP contribution in [0, 0.1) is 5.92 Å². The predicted molar refractivity (Wildman–Crippen MR) is 56.8 cm³/mol. The van der Waals surface area contributed by atoms with Gasteiger partial charge in [0.15, 0.2) is 0 Å². The van der Waals surface area contributed by atoms with E-state index in [1.54, 1.807) is 0 Å². The molecule has 1 unspecified atom stereocenters. The summed E-state index contributed by atoms with van der Waals surface area (Å²) in [6.45, 7) is 4.50. The Balaban J connectivity index is 3.83. The summed E-state index contributed by atoms with van der Waals surface area (Å²) in [7, 11) is 0. The Labute approximate surface area is 85.9 Å². The molecule has 0 bridgehead atoms. The molecule has 0 aromatic rings. The Hall–Kier alpha value is -0.610. The zero-order valence-electron chi connectivity index (χ0n) is 9.12. The van der Waals surface area contributed by atoms with Gasteiger partial charge in [-0.15, -0.1) is 0 Å².